The molecule has 0 saturated carbocycles. The predicted octanol–water partition coefficient (Wildman–Crippen LogP) is 6.95. The number of Topliss-reactive ketones (excluding diaryl/α,β-unsaturated/α-hetero) is 1. The van der Waals surface area contributed by atoms with Crippen molar-refractivity contribution in [3.05, 3.63) is 104 Å². The summed E-state index contributed by atoms with van der Waals surface area (Å²) in [6.07, 6.45) is -4.55. The highest BCUT2D eigenvalue weighted by Crippen LogP contribution is 2.42. The summed E-state index contributed by atoms with van der Waals surface area (Å²) in [5, 5.41) is 13.5. The van der Waals surface area contributed by atoms with Crippen LogP contribution in [0, 0.1) is 0 Å². The average Bonchev–Trinajstić information content (AvgIpc) is 3.53. The summed E-state index contributed by atoms with van der Waals surface area (Å²) in [5.41, 5.74) is -0.455. The molecule has 0 spiro atoms. The SMILES string of the molecule is O=C(C1=C(O)C(=O)N(Cc2cccc(C(F)(F)F)c2)C1c1cccs1)c1cc2cc(Cl)ccc2o1. The number of alkyl halides is 3. The zero-order valence-corrected chi connectivity index (χ0v) is 19.2. The number of halogens is 4. The van der Waals surface area contributed by atoms with Gasteiger partial charge in [0.25, 0.3) is 5.91 Å². The second-order valence-electron chi connectivity index (χ2n) is 7.93. The van der Waals surface area contributed by atoms with Crippen LogP contribution in [0.25, 0.3) is 11.0 Å². The highest BCUT2D eigenvalue weighted by molar-refractivity contribution is 7.10. The van der Waals surface area contributed by atoms with Gasteiger partial charge in [-0.25, -0.2) is 0 Å². The lowest BCUT2D eigenvalue weighted by Crippen LogP contribution is -2.30. The van der Waals surface area contributed by atoms with Crippen LogP contribution in [0.4, 0.5) is 13.2 Å². The monoisotopic (exact) mass is 517 g/mol. The van der Waals surface area contributed by atoms with Crippen LogP contribution >= 0.6 is 22.9 Å². The van der Waals surface area contributed by atoms with Gasteiger partial charge in [0.15, 0.2) is 11.5 Å². The highest BCUT2D eigenvalue weighted by atomic mass is 35.5. The molecule has 5 rings (SSSR count). The van der Waals surface area contributed by atoms with Gasteiger partial charge in [-0.05, 0) is 53.4 Å². The third-order valence-corrected chi connectivity index (χ3v) is 6.83. The number of amides is 1. The second-order valence-corrected chi connectivity index (χ2v) is 9.35. The zero-order chi connectivity index (χ0) is 24.9. The number of fused-ring (bicyclic) bond motifs is 1. The van der Waals surface area contributed by atoms with E-state index in [1.54, 1.807) is 35.7 Å². The van der Waals surface area contributed by atoms with Gasteiger partial charge in [-0.3, -0.25) is 9.59 Å². The van der Waals surface area contributed by atoms with Gasteiger partial charge in [0, 0.05) is 21.8 Å². The molecule has 2 aromatic carbocycles. The van der Waals surface area contributed by atoms with E-state index in [0.29, 0.717) is 20.9 Å². The van der Waals surface area contributed by atoms with Gasteiger partial charge >= 0.3 is 6.18 Å². The number of thiophene rings is 1. The minimum Gasteiger partial charge on any atom is -0.503 e. The Morgan fingerprint density at radius 2 is 1.91 bits per heavy atom. The molecule has 0 saturated heterocycles. The summed E-state index contributed by atoms with van der Waals surface area (Å²) < 4.78 is 45.2. The molecule has 1 N–H and O–H groups in total. The van der Waals surface area contributed by atoms with Crippen molar-refractivity contribution >= 4 is 45.6 Å². The summed E-state index contributed by atoms with van der Waals surface area (Å²) in [4.78, 5) is 28.3. The minimum atomic E-state index is -4.55. The van der Waals surface area contributed by atoms with Crippen LogP contribution < -0.4 is 0 Å². The Morgan fingerprint density at radius 1 is 1.11 bits per heavy atom. The van der Waals surface area contributed by atoms with E-state index in [1.165, 1.54) is 34.4 Å². The van der Waals surface area contributed by atoms with Gasteiger partial charge in [0.1, 0.15) is 11.6 Å². The molecule has 4 aromatic rings. The number of rotatable bonds is 5. The van der Waals surface area contributed by atoms with Crippen LogP contribution in [0.5, 0.6) is 0 Å². The molecule has 10 heteroatoms. The van der Waals surface area contributed by atoms with Crippen molar-refractivity contribution in [2.24, 2.45) is 0 Å². The summed E-state index contributed by atoms with van der Waals surface area (Å²) in [5.74, 6) is -2.42. The van der Waals surface area contributed by atoms with E-state index in [0.717, 1.165) is 12.1 Å². The Hall–Kier alpha value is -3.56. The number of aliphatic hydroxyl groups is 1. The third-order valence-electron chi connectivity index (χ3n) is 5.67. The van der Waals surface area contributed by atoms with Crippen molar-refractivity contribution in [1.29, 1.82) is 0 Å². The molecule has 3 heterocycles. The first kappa shape index (κ1) is 23.2. The number of furan rings is 1. The third kappa shape index (κ3) is 4.21. The van der Waals surface area contributed by atoms with E-state index in [1.807, 2.05) is 0 Å². The molecule has 0 radical (unpaired) electrons. The number of carbonyl (C=O) groups excluding carboxylic acids is 2. The first-order valence-electron chi connectivity index (χ1n) is 10.3. The molecule has 35 heavy (non-hydrogen) atoms. The van der Waals surface area contributed by atoms with Gasteiger partial charge in [-0.15, -0.1) is 11.3 Å². The zero-order valence-electron chi connectivity index (χ0n) is 17.7. The van der Waals surface area contributed by atoms with E-state index in [4.69, 9.17) is 16.0 Å². The van der Waals surface area contributed by atoms with Crippen LogP contribution in [0.1, 0.15) is 32.6 Å². The molecule has 1 amide bonds. The molecule has 0 aliphatic carbocycles. The number of ketones is 1. The summed E-state index contributed by atoms with van der Waals surface area (Å²) >= 11 is 7.26. The first-order valence-corrected chi connectivity index (χ1v) is 11.6. The molecule has 1 unspecified atom stereocenters. The fourth-order valence-electron chi connectivity index (χ4n) is 4.09. The van der Waals surface area contributed by atoms with E-state index in [2.05, 4.69) is 0 Å². The number of carbonyl (C=O) groups is 2. The number of hydrogen-bond acceptors (Lipinski definition) is 5. The van der Waals surface area contributed by atoms with Gasteiger partial charge in [0.05, 0.1) is 11.1 Å². The Bertz CT molecular complexity index is 1490. The molecular weight excluding hydrogens is 503 g/mol. The van der Waals surface area contributed by atoms with Crippen molar-refractivity contribution in [2.75, 3.05) is 0 Å². The maximum Gasteiger partial charge on any atom is 0.416 e. The van der Waals surface area contributed by atoms with Gasteiger partial charge < -0.3 is 14.4 Å². The molecule has 5 nitrogen and oxygen atoms in total. The molecule has 1 aliphatic rings. The number of hydrogen-bond donors (Lipinski definition) is 1. The topological polar surface area (TPSA) is 70.8 Å². The Morgan fingerprint density at radius 3 is 2.63 bits per heavy atom. The molecule has 178 valence electrons. The predicted molar refractivity (Wildman–Crippen MR) is 124 cm³/mol. The van der Waals surface area contributed by atoms with Crippen LogP contribution in [-0.2, 0) is 17.5 Å². The average molecular weight is 518 g/mol. The van der Waals surface area contributed by atoms with Crippen molar-refractivity contribution in [3.63, 3.8) is 0 Å². The quantitative estimate of drug-likeness (QED) is 0.291. The standard InChI is InChI=1S/C25H15ClF3NO4S/c26-16-6-7-17-14(10-16)11-18(34-17)22(31)20-21(19-5-2-8-35-19)30(24(33)23(20)32)12-13-3-1-4-15(9-13)25(27,28)29/h1-11,21,32H,12H2. The summed E-state index contributed by atoms with van der Waals surface area (Å²) in [6.45, 7) is -0.248. The van der Waals surface area contributed by atoms with E-state index in [-0.39, 0.29) is 23.4 Å². The van der Waals surface area contributed by atoms with Crippen molar-refractivity contribution in [2.45, 2.75) is 18.8 Å². The van der Waals surface area contributed by atoms with Crippen molar-refractivity contribution in [1.82, 2.24) is 4.90 Å². The Kier molecular flexibility index (Phi) is 5.69. The van der Waals surface area contributed by atoms with Gasteiger partial charge in [-0.1, -0.05) is 29.8 Å². The van der Waals surface area contributed by atoms with Crippen molar-refractivity contribution in [3.8, 4) is 0 Å². The van der Waals surface area contributed by atoms with Crippen molar-refractivity contribution < 1.29 is 32.3 Å². The number of aliphatic hydroxyl groups excluding tert-OH is 1. The molecule has 0 bridgehead atoms. The fourth-order valence-corrected chi connectivity index (χ4v) is 5.12. The van der Waals surface area contributed by atoms with Gasteiger partial charge in [0.2, 0.25) is 5.78 Å². The van der Waals surface area contributed by atoms with E-state index < -0.39 is 35.2 Å². The number of nitrogens with zero attached hydrogens (tertiary/aromatic N) is 1. The van der Waals surface area contributed by atoms with Gasteiger partial charge in [-0.2, -0.15) is 13.2 Å². The molecule has 0 fully saturated rings. The molecule has 1 aliphatic heterocycles. The lowest BCUT2D eigenvalue weighted by atomic mass is 10.00. The maximum atomic E-state index is 13.5. The highest BCUT2D eigenvalue weighted by Gasteiger charge is 2.45. The summed E-state index contributed by atoms with van der Waals surface area (Å²) in [7, 11) is 0. The molecular formula is C25H15ClF3NO4S. The van der Waals surface area contributed by atoms with E-state index in [9.17, 15) is 27.9 Å². The smallest absolute Gasteiger partial charge is 0.416 e. The molecule has 1 atom stereocenters. The largest absolute Gasteiger partial charge is 0.503 e. The van der Waals surface area contributed by atoms with Crippen LogP contribution in [0.15, 0.2) is 81.8 Å². The Balaban J connectivity index is 1.55. The van der Waals surface area contributed by atoms with Crippen LogP contribution in [0.3, 0.4) is 0 Å². The second kappa shape index (κ2) is 8.58. The minimum absolute atomic E-state index is 0.0981. The lowest BCUT2D eigenvalue weighted by Gasteiger charge is -2.26. The first-order chi connectivity index (χ1) is 16.6. The Labute approximate surface area is 205 Å². The maximum absolute atomic E-state index is 13.5. The number of benzene rings is 2. The summed E-state index contributed by atoms with van der Waals surface area (Å²) in [6, 6.07) is 13.3. The van der Waals surface area contributed by atoms with Crippen LogP contribution in [0.2, 0.25) is 5.02 Å². The molecule has 2 aromatic heterocycles. The van der Waals surface area contributed by atoms with Crippen LogP contribution in [-0.4, -0.2) is 21.7 Å². The normalized spacial score (nSPS) is 16.5. The lowest BCUT2D eigenvalue weighted by molar-refractivity contribution is -0.137. The fraction of sp³-hybridized carbons (Fsp3) is 0.120. The van der Waals surface area contributed by atoms with E-state index >= 15 is 0 Å².